The van der Waals surface area contributed by atoms with E-state index in [0.717, 1.165) is 5.56 Å². The summed E-state index contributed by atoms with van der Waals surface area (Å²) in [5.41, 5.74) is 0.0644. The van der Waals surface area contributed by atoms with Gasteiger partial charge in [0.2, 0.25) is 0 Å². The normalized spacial score (nSPS) is 15.4. The molecule has 1 atom stereocenters. The summed E-state index contributed by atoms with van der Waals surface area (Å²) >= 11 is 0. The first-order valence-corrected chi connectivity index (χ1v) is 4.58. The highest BCUT2D eigenvalue weighted by molar-refractivity contribution is 5.74. The van der Waals surface area contributed by atoms with Gasteiger partial charge in [-0.1, -0.05) is 19.0 Å². The molecule has 0 fully saturated rings. The SMILES string of the molecule is CC(C)C(C)(Cc1cnoc1)C(=O)O. The number of carbonyl (C=O) groups is 1. The molecule has 1 aromatic rings. The lowest BCUT2D eigenvalue weighted by Crippen LogP contribution is -2.35. The first-order chi connectivity index (χ1) is 6.47. The molecule has 1 unspecified atom stereocenters. The molecule has 0 bridgehead atoms. The molecule has 0 saturated heterocycles. The van der Waals surface area contributed by atoms with E-state index in [9.17, 15) is 4.79 Å². The van der Waals surface area contributed by atoms with Crippen molar-refractivity contribution in [3.05, 3.63) is 18.0 Å². The fourth-order valence-corrected chi connectivity index (χ4v) is 1.26. The Hall–Kier alpha value is -1.32. The van der Waals surface area contributed by atoms with Crippen molar-refractivity contribution >= 4 is 5.97 Å². The minimum absolute atomic E-state index is 0.0647. The van der Waals surface area contributed by atoms with Gasteiger partial charge in [0.15, 0.2) is 0 Å². The fourth-order valence-electron chi connectivity index (χ4n) is 1.26. The van der Waals surface area contributed by atoms with Crippen LogP contribution in [0.1, 0.15) is 26.3 Å². The largest absolute Gasteiger partial charge is 0.481 e. The summed E-state index contributed by atoms with van der Waals surface area (Å²) in [6.07, 6.45) is 3.50. The van der Waals surface area contributed by atoms with Gasteiger partial charge in [0.05, 0.1) is 11.6 Å². The van der Waals surface area contributed by atoms with E-state index >= 15 is 0 Å². The standard InChI is InChI=1S/C10H15NO3/c1-7(2)10(3,9(12)13)4-8-5-11-14-6-8/h5-7H,4H2,1-3H3,(H,12,13). The molecule has 0 aliphatic rings. The number of nitrogens with zero attached hydrogens (tertiary/aromatic N) is 1. The molecule has 0 saturated carbocycles. The third-order valence-corrected chi connectivity index (χ3v) is 2.82. The van der Waals surface area contributed by atoms with Crippen molar-refractivity contribution in [3.63, 3.8) is 0 Å². The van der Waals surface area contributed by atoms with E-state index in [-0.39, 0.29) is 5.92 Å². The topological polar surface area (TPSA) is 63.3 Å². The van der Waals surface area contributed by atoms with Crippen LogP contribution in [-0.2, 0) is 11.2 Å². The molecule has 0 radical (unpaired) electrons. The minimum atomic E-state index is -0.784. The highest BCUT2D eigenvalue weighted by Gasteiger charge is 2.37. The van der Waals surface area contributed by atoms with Crippen LogP contribution in [0.25, 0.3) is 0 Å². The number of rotatable bonds is 4. The summed E-state index contributed by atoms with van der Waals surface area (Å²) in [7, 11) is 0. The van der Waals surface area contributed by atoms with E-state index in [0.29, 0.717) is 6.42 Å². The zero-order chi connectivity index (χ0) is 10.8. The van der Waals surface area contributed by atoms with Gasteiger partial charge in [0.1, 0.15) is 6.26 Å². The third-order valence-electron chi connectivity index (χ3n) is 2.82. The summed E-state index contributed by atoms with van der Waals surface area (Å²) in [6.45, 7) is 5.55. The van der Waals surface area contributed by atoms with Crippen LogP contribution in [-0.4, -0.2) is 16.2 Å². The van der Waals surface area contributed by atoms with Crippen LogP contribution in [0.15, 0.2) is 17.0 Å². The lowest BCUT2D eigenvalue weighted by Gasteiger charge is -2.28. The summed E-state index contributed by atoms with van der Waals surface area (Å²) in [5, 5.41) is 12.7. The van der Waals surface area contributed by atoms with Crippen molar-refractivity contribution in [1.82, 2.24) is 5.16 Å². The second kappa shape index (κ2) is 3.82. The van der Waals surface area contributed by atoms with Crippen LogP contribution in [0.4, 0.5) is 0 Å². The summed E-state index contributed by atoms with van der Waals surface area (Å²) in [6, 6.07) is 0. The fraction of sp³-hybridized carbons (Fsp3) is 0.600. The number of carboxylic acids is 1. The van der Waals surface area contributed by atoms with Gasteiger partial charge in [-0.2, -0.15) is 0 Å². The molecular formula is C10H15NO3. The highest BCUT2D eigenvalue weighted by Crippen LogP contribution is 2.31. The number of hydrogen-bond acceptors (Lipinski definition) is 3. The van der Waals surface area contributed by atoms with E-state index in [1.165, 1.54) is 6.26 Å². The van der Waals surface area contributed by atoms with E-state index in [1.54, 1.807) is 13.1 Å². The molecule has 1 aromatic heterocycles. The maximum Gasteiger partial charge on any atom is 0.309 e. The molecular weight excluding hydrogens is 182 g/mol. The molecule has 0 aliphatic carbocycles. The molecule has 0 aliphatic heterocycles. The number of hydrogen-bond donors (Lipinski definition) is 1. The molecule has 1 rings (SSSR count). The zero-order valence-corrected chi connectivity index (χ0v) is 8.65. The van der Waals surface area contributed by atoms with Crippen LogP contribution in [0.5, 0.6) is 0 Å². The van der Waals surface area contributed by atoms with Gasteiger partial charge in [-0.25, -0.2) is 0 Å². The van der Waals surface area contributed by atoms with Gasteiger partial charge in [-0.15, -0.1) is 0 Å². The molecule has 14 heavy (non-hydrogen) atoms. The number of aliphatic carboxylic acids is 1. The quantitative estimate of drug-likeness (QED) is 0.801. The Morgan fingerprint density at radius 1 is 1.71 bits per heavy atom. The first-order valence-electron chi connectivity index (χ1n) is 4.58. The lowest BCUT2D eigenvalue weighted by atomic mass is 9.75. The van der Waals surface area contributed by atoms with Gasteiger partial charge < -0.3 is 9.63 Å². The molecule has 4 nitrogen and oxygen atoms in total. The van der Waals surface area contributed by atoms with Crippen LogP contribution in [0.3, 0.4) is 0 Å². The monoisotopic (exact) mass is 197 g/mol. The Kier molecular flexibility index (Phi) is 2.93. The molecule has 0 aromatic carbocycles. The van der Waals surface area contributed by atoms with Crippen molar-refractivity contribution in [2.24, 2.45) is 11.3 Å². The molecule has 1 heterocycles. The molecule has 0 spiro atoms. The van der Waals surface area contributed by atoms with Crippen molar-refractivity contribution in [1.29, 1.82) is 0 Å². The average Bonchev–Trinajstić information content (AvgIpc) is 2.55. The van der Waals surface area contributed by atoms with Crippen molar-refractivity contribution in [2.45, 2.75) is 27.2 Å². The maximum atomic E-state index is 11.1. The maximum absolute atomic E-state index is 11.1. The zero-order valence-electron chi connectivity index (χ0n) is 8.65. The predicted molar refractivity (Wildman–Crippen MR) is 50.8 cm³/mol. The molecule has 78 valence electrons. The van der Waals surface area contributed by atoms with Crippen LogP contribution in [0.2, 0.25) is 0 Å². The van der Waals surface area contributed by atoms with E-state index < -0.39 is 11.4 Å². The second-order valence-electron chi connectivity index (χ2n) is 4.09. The van der Waals surface area contributed by atoms with Crippen LogP contribution >= 0.6 is 0 Å². The summed E-state index contributed by atoms with van der Waals surface area (Å²) in [5.74, 6) is -0.719. The van der Waals surface area contributed by atoms with Gasteiger partial charge in [-0.05, 0) is 19.3 Å². The van der Waals surface area contributed by atoms with Crippen LogP contribution in [0, 0.1) is 11.3 Å². The van der Waals surface area contributed by atoms with Gasteiger partial charge >= 0.3 is 5.97 Å². The third kappa shape index (κ3) is 1.95. The minimum Gasteiger partial charge on any atom is -0.481 e. The summed E-state index contributed by atoms with van der Waals surface area (Å²) < 4.78 is 4.68. The molecule has 1 N–H and O–H groups in total. The van der Waals surface area contributed by atoms with Gasteiger partial charge in [-0.3, -0.25) is 4.79 Å². The van der Waals surface area contributed by atoms with Gasteiger partial charge in [0.25, 0.3) is 0 Å². The van der Waals surface area contributed by atoms with E-state index in [2.05, 4.69) is 9.68 Å². The van der Waals surface area contributed by atoms with Crippen molar-refractivity contribution < 1.29 is 14.4 Å². The van der Waals surface area contributed by atoms with Crippen LogP contribution < -0.4 is 0 Å². The number of carboxylic acid groups (broad SMARTS) is 1. The highest BCUT2D eigenvalue weighted by atomic mass is 16.5. The Balaban J connectivity index is 2.85. The molecule has 4 heteroatoms. The Morgan fingerprint density at radius 3 is 2.71 bits per heavy atom. The first kappa shape index (κ1) is 10.8. The van der Waals surface area contributed by atoms with E-state index in [4.69, 9.17) is 5.11 Å². The molecule has 0 amide bonds. The van der Waals surface area contributed by atoms with Crippen molar-refractivity contribution in [2.75, 3.05) is 0 Å². The summed E-state index contributed by atoms with van der Waals surface area (Å²) in [4.78, 5) is 11.1. The van der Waals surface area contributed by atoms with Crippen molar-refractivity contribution in [3.8, 4) is 0 Å². The lowest BCUT2D eigenvalue weighted by molar-refractivity contribution is -0.150. The second-order valence-corrected chi connectivity index (χ2v) is 4.09. The number of aromatic nitrogens is 1. The Bertz CT molecular complexity index is 305. The van der Waals surface area contributed by atoms with E-state index in [1.807, 2.05) is 13.8 Å². The predicted octanol–water partition coefficient (Wildman–Crippen LogP) is 1.96. The van der Waals surface area contributed by atoms with Gasteiger partial charge in [0, 0.05) is 5.56 Å². The Labute approximate surface area is 82.9 Å². The Morgan fingerprint density at radius 2 is 2.36 bits per heavy atom. The average molecular weight is 197 g/mol. The smallest absolute Gasteiger partial charge is 0.309 e.